The number of halogens is 1. The van der Waals surface area contributed by atoms with Crippen LogP contribution in [0.1, 0.15) is 18.1 Å². The summed E-state index contributed by atoms with van der Waals surface area (Å²) >= 11 is 5.19. The predicted molar refractivity (Wildman–Crippen MR) is 90.5 cm³/mol. The first-order chi connectivity index (χ1) is 9.76. The summed E-state index contributed by atoms with van der Waals surface area (Å²) in [6, 6.07) is 14.7. The second-order valence-corrected chi connectivity index (χ2v) is 6.55. The summed E-state index contributed by atoms with van der Waals surface area (Å²) in [5.41, 5.74) is 3.78. The molecule has 0 aliphatic rings. The molecule has 0 amide bonds. The van der Waals surface area contributed by atoms with Crippen LogP contribution in [0.25, 0.3) is 10.2 Å². The van der Waals surface area contributed by atoms with Gasteiger partial charge in [0.25, 0.3) is 0 Å². The molecule has 3 aromatic rings. The van der Waals surface area contributed by atoms with E-state index in [9.17, 15) is 0 Å². The molecule has 2 aromatic carbocycles. The number of thiazole rings is 1. The second kappa shape index (κ2) is 5.94. The summed E-state index contributed by atoms with van der Waals surface area (Å²) in [5, 5.41) is 4.41. The minimum absolute atomic E-state index is 0.824. The van der Waals surface area contributed by atoms with Gasteiger partial charge < -0.3 is 5.32 Å². The number of nitrogens with zero attached hydrogens (tertiary/aromatic N) is 1. The number of hydrogen-bond donors (Lipinski definition) is 1. The summed E-state index contributed by atoms with van der Waals surface area (Å²) in [6.07, 6.45) is 1.06. The fourth-order valence-electron chi connectivity index (χ4n) is 2.22. The van der Waals surface area contributed by atoms with Gasteiger partial charge in [-0.15, -0.1) is 0 Å². The monoisotopic (exact) mass is 346 g/mol. The van der Waals surface area contributed by atoms with Crippen LogP contribution in [-0.2, 0) is 13.0 Å². The Morgan fingerprint density at radius 1 is 1.15 bits per heavy atom. The Hall–Kier alpha value is -1.39. The molecule has 1 heterocycles. The molecule has 4 heteroatoms. The highest BCUT2D eigenvalue weighted by Gasteiger charge is 2.05. The molecule has 1 aromatic heterocycles. The van der Waals surface area contributed by atoms with Crippen molar-refractivity contribution in [1.29, 1.82) is 0 Å². The van der Waals surface area contributed by atoms with Crippen molar-refractivity contribution >= 4 is 42.6 Å². The zero-order valence-corrected chi connectivity index (χ0v) is 13.6. The van der Waals surface area contributed by atoms with Crippen LogP contribution in [0, 0.1) is 0 Å². The van der Waals surface area contributed by atoms with Gasteiger partial charge in [0.05, 0.1) is 10.2 Å². The highest BCUT2D eigenvalue weighted by Crippen LogP contribution is 2.28. The highest BCUT2D eigenvalue weighted by atomic mass is 79.9. The lowest BCUT2D eigenvalue weighted by molar-refractivity contribution is 1.04. The summed E-state index contributed by atoms with van der Waals surface area (Å²) in [5.74, 6) is 0. The van der Waals surface area contributed by atoms with E-state index in [1.165, 1.54) is 15.8 Å². The van der Waals surface area contributed by atoms with E-state index in [-0.39, 0.29) is 0 Å². The molecule has 1 N–H and O–H groups in total. The minimum Gasteiger partial charge on any atom is -0.357 e. The summed E-state index contributed by atoms with van der Waals surface area (Å²) in [4.78, 5) is 4.61. The van der Waals surface area contributed by atoms with Gasteiger partial charge in [-0.1, -0.05) is 58.5 Å². The smallest absolute Gasteiger partial charge is 0.184 e. The van der Waals surface area contributed by atoms with Gasteiger partial charge in [0, 0.05) is 11.0 Å². The fraction of sp³-hybridized carbons (Fsp3) is 0.188. The number of benzene rings is 2. The maximum Gasteiger partial charge on any atom is 0.184 e. The molecule has 0 unspecified atom stereocenters. The first-order valence-corrected chi connectivity index (χ1v) is 8.24. The zero-order chi connectivity index (χ0) is 13.9. The number of rotatable bonds is 4. The van der Waals surface area contributed by atoms with E-state index in [0.29, 0.717) is 0 Å². The normalized spacial score (nSPS) is 10.9. The van der Waals surface area contributed by atoms with Crippen molar-refractivity contribution in [2.75, 3.05) is 5.32 Å². The molecule has 0 bridgehead atoms. The third-order valence-electron chi connectivity index (χ3n) is 3.28. The third kappa shape index (κ3) is 2.86. The molecule has 3 rings (SSSR count). The van der Waals surface area contributed by atoms with Crippen molar-refractivity contribution in [1.82, 2.24) is 4.98 Å². The topological polar surface area (TPSA) is 24.9 Å². The van der Waals surface area contributed by atoms with E-state index in [1.54, 1.807) is 11.3 Å². The Morgan fingerprint density at radius 2 is 1.95 bits per heavy atom. The van der Waals surface area contributed by atoms with Crippen molar-refractivity contribution in [3.63, 3.8) is 0 Å². The number of anilines is 1. The van der Waals surface area contributed by atoms with E-state index in [2.05, 4.69) is 63.5 Å². The predicted octanol–water partition coefficient (Wildman–Crippen LogP) is 5.23. The fourth-order valence-corrected chi connectivity index (χ4v) is 3.63. The number of nitrogens with one attached hydrogen (secondary N) is 1. The van der Waals surface area contributed by atoms with Gasteiger partial charge in [-0.05, 0) is 35.7 Å². The average Bonchev–Trinajstić information content (AvgIpc) is 2.87. The lowest BCUT2D eigenvalue weighted by atomic mass is 10.1. The van der Waals surface area contributed by atoms with Gasteiger partial charge in [-0.25, -0.2) is 4.98 Å². The summed E-state index contributed by atoms with van der Waals surface area (Å²) in [7, 11) is 0. The van der Waals surface area contributed by atoms with Crippen LogP contribution in [-0.4, -0.2) is 4.98 Å². The molecule has 0 saturated carbocycles. The molecular weight excluding hydrogens is 332 g/mol. The Morgan fingerprint density at radius 3 is 2.75 bits per heavy atom. The molecule has 2 nitrogen and oxygen atoms in total. The standard InChI is InChI=1S/C16H15BrN2S/c1-2-11-5-3-4-6-12(11)10-18-16-19-14-8-7-13(17)9-15(14)20-16/h3-9H,2,10H2,1H3,(H,18,19). The van der Waals surface area contributed by atoms with Crippen LogP contribution in [0.15, 0.2) is 46.9 Å². The second-order valence-electron chi connectivity index (χ2n) is 4.61. The molecule has 0 radical (unpaired) electrons. The van der Waals surface area contributed by atoms with E-state index in [4.69, 9.17) is 0 Å². The van der Waals surface area contributed by atoms with Gasteiger partial charge >= 0.3 is 0 Å². The Kier molecular flexibility index (Phi) is 4.03. The number of aromatic nitrogens is 1. The average molecular weight is 347 g/mol. The van der Waals surface area contributed by atoms with Crippen molar-refractivity contribution in [3.05, 3.63) is 58.1 Å². The lowest BCUT2D eigenvalue weighted by Crippen LogP contribution is -2.01. The number of aryl methyl sites for hydroxylation is 1. The van der Waals surface area contributed by atoms with Crippen molar-refractivity contribution < 1.29 is 0 Å². The van der Waals surface area contributed by atoms with Gasteiger partial charge in [0.1, 0.15) is 0 Å². The molecule has 0 fully saturated rings. The van der Waals surface area contributed by atoms with Crippen molar-refractivity contribution in [3.8, 4) is 0 Å². The Bertz CT molecular complexity index is 736. The Labute approximate surface area is 131 Å². The molecule has 0 aliphatic carbocycles. The van der Waals surface area contributed by atoms with Gasteiger partial charge in [-0.3, -0.25) is 0 Å². The van der Waals surface area contributed by atoms with Crippen molar-refractivity contribution in [2.45, 2.75) is 19.9 Å². The van der Waals surface area contributed by atoms with E-state index in [1.807, 2.05) is 12.1 Å². The van der Waals surface area contributed by atoms with Crippen molar-refractivity contribution in [2.24, 2.45) is 0 Å². The quantitative estimate of drug-likeness (QED) is 0.699. The summed E-state index contributed by atoms with van der Waals surface area (Å²) < 4.78 is 2.29. The number of hydrogen-bond acceptors (Lipinski definition) is 3. The van der Waals surface area contributed by atoms with Crippen LogP contribution >= 0.6 is 27.3 Å². The summed E-state index contributed by atoms with van der Waals surface area (Å²) in [6.45, 7) is 3.01. The largest absolute Gasteiger partial charge is 0.357 e. The molecule has 20 heavy (non-hydrogen) atoms. The zero-order valence-electron chi connectivity index (χ0n) is 11.2. The van der Waals surface area contributed by atoms with Crippen LogP contribution in [0.3, 0.4) is 0 Å². The van der Waals surface area contributed by atoms with Gasteiger partial charge in [0.15, 0.2) is 5.13 Å². The van der Waals surface area contributed by atoms with Crippen LogP contribution < -0.4 is 5.32 Å². The maximum atomic E-state index is 4.61. The Balaban J connectivity index is 1.79. The van der Waals surface area contributed by atoms with Crippen LogP contribution in [0.4, 0.5) is 5.13 Å². The van der Waals surface area contributed by atoms with E-state index in [0.717, 1.165) is 28.1 Å². The highest BCUT2D eigenvalue weighted by molar-refractivity contribution is 9.10. The minimum atomic E-state index is 0.824. The lowest BCUT2D eigenvalue weighted by Gasteiger charge is -2.07. The van der Waals surface area contributed by atoms with Gasteiger partial charge in [0.2, 0.25) is 0 Å². The maximum absolute atomic E-state index is 4.61. The molecule has 0 aliphatic heterocycles. The molecule has 0 spiro atoms. The SMILES string of the molecule is CCc1ccccc1CNc1nc2ccc(Br)cc2s1. The number of fused-ring (bicyclic) bond motifs is 1. The first-order valence-electron chi connectivity index (χ1n) is 6.63. The van der Waals surface area contributed by atoms with Crippen LogP contribution in [0.5, 0.6) is 0 Å². The van der Waals surface area contributed by atoms with E-state index >= 15 is 0 Å². The molecule has 102 valence electrons. The van der Waals surface area contributed by atoms with Gasteiger partial charge in [-0.2, -0.15) is 0 Å². The van der Waals surface area contributed by atoms with Crippen LogP contribution in [0.2, 0.25) is 0 Å². The third-order valence-corrected chi connectivity index (χ3v) is 4.75. The van der Waals surface area contributed by atoms with E-state index < -0.39 is 0 Å². The molecule has 0 saturated heterocycles. The first kappa shape index (κ1) is 13.6. The molecular formula is C16H15BrN2S. The molecule has 0 atom stereocenters.